The summed E-state index contributed by atoms with van der Waals surface area (Å²) in [6.45, 7) is 29.2. The molecule has 9 amide bonds. The Morgan fingerprint density at radius 2 is 1.23 bits per heavy atom. The maximum atomic E-state index is 13.0. The van der Waals surface area contributed by atoms with E-state index in [1.54, 1.807) is 31.0 Å². The third kappa shape index (κ3) is 62.0. The molecule has 31 heteroatoms. The minimum atomic E-state index is -1.07. The monoisotopic (exact) mass is 1390 g/mol. The number of nitrogens with two attached hydrogens (primary N) is 5. The molecule has 0 aliphatic carbocycles. The first-order valence-electron chi connectivity index (χ1n) is 32.9. The normalized spacial score (nSPS) is 14.1. The van der Waals surface area contributed by atoms with Crippen LogP contribution in [0.15, 0.2) is 24.3 Å². The van der Waals surface area contributed by atoms with Crippen molar-refractivity contribution >= 4 is 67.2 Å². The van der Waals surface area contributed by atoms with E-state index in [0.29, 0.717) is 76.8 Å². The van der Waals surface area contributed by atoms with Crippen LogP contribution in [0.4, 0.5) is 4.79 Å². The Kier molecular flexibility index (Phi) is 95.0. The van der Waals surface area contributed by atoms with Crippen LogP contribution in [0, 0.1) is 11.8 Å². The number of rotatable bonds is 32. The Morgan fingerprint density at radius 3 is 1.64 bits per heavy atom. The van der Waals surface area contributed by atoms with Crippen LogP contribution in [0.2, 0.25) is 0 Å². The van der Waals surface area contributed by atoms with Gasteiger partial charge in [-0.25, -0.2) is 4.79 Å². The van der Waals surface area contributed by atoms with E-state index >= 15 is 0 Å². The first-order chi connectivity index (χ1) is 45.8. The molecule has 1 aliphatic rings. The molecule has 31 nitrogen and oxygen atoms in total. The molecule has 10 atom stereocenters. The second kappa shape index (κ2) is 82.4. The number of aromatic hydroxyl groups is 1. The highest BCUT2D eigenvalue weighted by atomic mass is 16.5. The van der Waals surface area contributed by atoms with E-state index in [9.17, 15) is 58.8 Å². The first-order valence-corrected chi connectivity index (χ1v) is 32.9. The first kappa shape index (κ1) is 111. The van der Waals surface area contributed by atoms with Crippen molar-refractivity contribution in [1.82, 2.24) is 41.7 Å². The zero-order chi connectivity index (χ0) is 77.2. The number of likely N-dealkylation sites (tertiary alicyclic amines) is 1. The predicted molar refractivity (Wildman–Crippen MR) is 379 cm³/mol. The van der Waals surface area contributed by atoms with Crippen molar-refractivity contribution < 1.29 is 88.1 Å². The quantitative estimate of drug-likeness (QED) is 0.0340. The lowest BCUT2D eigenvalue weighted by molar-refractivity contribution is -0.142. The number of nitrogens with zero attached hydrogens (tertiary/aromatic N) is 2. The number of unbranched alkanes of at least 4 members (excludes halogenated alkanes) is 1. The SMILES string of the molecule is CC.CC.CC.CC=O.CCC.CCC(CC(C)C)C(=O)N[C@@H](CO)C(=O)NCCCC(C=O)NC(=O)C(NC)[C@H](O)Cc1ccc(O)cc1.CCCCN(C)C(=O)NCCCC(N)C(=O)NC(C(=O)N1C[C@H](O)CC1C=O)C(C)OC.CO.CO.NC=O.NC=O.NCCN. The van der Waals surface area contributed by atoms with Crippen molar-refractivity contribution in [2.24, 2.45) is 40.5 Å². The minimum Gasteiger partial charge on any atom is -0.508 e. The number of phenols is 1. The Bertz CT molecular complexity index is 1970. The highest BCUT2D eigenvalue weighted by Crippen LogP contribution is 2.20. The number of aliphatic hydroxyl groups excluding tert-OH is 5. The van der Waals surface area contributed by atoms with Crippen LogP contribution < -0.4 is 60.6 Å². The van der Waals surface area contributed by atoms with Gasteiger partial charge in [0, 0.05) is 86.4 Å². The van der Waals surface area contributed by atoms with Crippen molar-refractivity contribution in [3.63, 3.8) is 0 Å². The number of primary amides is 2. The van der Waals surface area contributed by atoms with E-state index in [1.807, 2.05) is 62.3 Å². The molecule has 568 valence electrons. The summed E-state index contributed by atoms with van der Waals surface area (Å²) in [5, 5.41) is 69.3. The number of aliphatic hydroxyl groups is 5. The summed E-state index contributed by atoms with van der Waals surface area (Å²) in [6, 6.07) is 0.561. The number of likely N-dealkylation sites (N-methyl/N-ethyl adjacent to an activating group) is 1. The lowest BCUT2D eigenvalue weighted by atomic mass is 9.94. The van der Waals surface area contributed by atoms with E-state index in [1.165, 1.54) is 44.5 Å². The zero-order valence-electron chi connectivity index (χ0n) is 61.6. The summed E-state index contributed by atoms with van der Waals surface area (Å²) in [6.07, 6.45) is 6.14. The highest BCUT2D eigenvalue weighted by Gasteiger charge is 2.40. The van der Waals surface area contributed by atoms with Crippen molar-refractivity contribution in [3.8, 4) is 5.75 Å². The van der Waals surface area contributed by atoms with Gasteiger partial charge in [-0.1, -0.05) is 108 Å². The molecule has 2 rings (SSSR count). The second-order valence-corrected chi connectivity index (χ2v) is 19.9. The molecule has 0 spiro atoms. The van der Waals surface area contributed by atoms with Crippen molar-refractivity contribution in [2.75, 3.05) is 81.3 Å². The maximum Gasteiger partial charge on any atom is 0.317 e. The molecule has 1 aromatic carbocycles. The maximum absolute atomic E-state index is 13.0. The Morgan fingerprint density at radius 1 is 0.750 bits per heavy atom. The third-order valence-corrected chi connectivity index (χ3v) is 12.1. The number of hydrogen-bond acceptors (Lipinski definition) is 22. The number of β-amino-alcohol motifs (C(OH)–C–C–N with tert-alkyl or cyclic N) is 1. The molecule has 1 saturated heterocycles. The van der Waals surface area contributed by atoms with Crippen LogP contribution in [-0.2, 0) is 59.1 Å². The van der Waals surface area contributed by atoms with Gasteiger partial charge in [-0.05, 0) is 89.5 Å². The van der Waals surface area contributed by atoms with E-state index in [-0.39, 0.29) is 68.8 Å². The summed E-state index contributed by atoms with van der Waals surface area (Å²) in [7, 11) is 6.66. The predicted octanol–water partition coefficient (Wildman–Crippen LogP) is 0.253. The fraction of sp³-hybridized carbons (Fsp3) is 0.738. The molecule has 96 heavy (non-hydrogen) atoms. The number of benzene rings is 1. The van der Waals surface area contributed by atoms with E-state index in [2.05, 4.69) is 64.1 Å². The smallest absolute Gasteiger partial charge is 0.317 e. The van der Waals surface area contributed by atoms with Gasteiger partial charge in [0.1, 0.15) is 42.7 Å². The van der Waals surface area contributed by atoms with Crippen molar-refractivity contribution in [3.05, 3.63) is 29.8 Å². The molecule has 1 heterocycles. The molecule has 0 saturated carbocycles. The lowest BCUT2D eigenvalue weighted by Crippen LogP contribution is -2.58. The molecule has 22 N–H and O–H groups in total. The Labute approximate surface area is 574 Å². The molecular formula is C65H135N13O18. The van der Waals surface area contributed by atoms with E-state index in [4.69, 9.17) is 46.5 Å². The van der Waals surface area contributed by atoms with Gasteiger partial charge in [-0.3, -0.25) is 33.6 Å². The van der Waals surface area contributed by atoms with Crippen LogP contribution in [-0.4, -0.2) is 244 Å². The fourth-order valence-electron chi connectivity index (χ4n) is 7.57. The van der Waals surface area contributed by atoms with Gasteiger partial charge in [0.15, 0.2) is 0 Å². The topological polar surface area (TPSA) is 527 Å². The number of carbonyl (C=O) groups is 11. The van der Waals surface area contributed by atoms with Gasteiger partial charge in [-0.2, -0.15) is 0 Å². The van der Waals surface area contributed by atoms with E-state index < -0.39 is 84.8 Å². The van der Waals surface area contributed by atoms with Crippen LogP contribution in [0.3, 0.4) is 0 Å². The van der Waals surface area contributed by atoms with Gasteiger partial charge >= 0.3 is 6.03 Å². The van der Waals surface area contributed by atoms with Gasteiger partial charge < -0.3 is 120 Å². The van der Waals surface area contributed by atoms with Crippen LogP contribution in [0.1, 0.15) is 167 Å². The van der Waals surface area contributed by atoms with E-state index in [0.717, 1.165) is 38.9 Å². The van der Waals surface area contributed by atoms with Crippen LogP contribution >= 0.6 is 0 Å². The molecule has 1 fully saturated rings. The molecule has 0 bridgehead atoms. The molecule has 1 aromatic rings. The zero-order valence-corrected chi connectivity index (χ0v) is 61.6. The summed E-state index contributed by atoms with van der Waals surface area (Å²) in [4.78, 5) is 127. The van der Waals surface area contributed by atoms with Gasteiger partial charge in [0.2, 0.25) is 42.4 Å². The minimum absolute atomic E-state index is 0.0174. The number of urea groups is 1. The summed E-state index contributed by atoms with van der Waals surface area (Å²) < 4.78 is 5.24. The van der Waals surface area contributed by atoms with Crippen LogP contribution in [0.25, 0.3) is 0 Å². The number of aldehydes is 3. The van der Waals surface area contributed by atoms with Crippen molar-refractivity contribution in [2.45, 2.75) is 222 Å². The Balaban J connectivity index is -0.000000143. The fourth-order valence-corrected chi connectivity index (χ4v) is 7.57. The number of methoxy groups -OCH3 is 1. The van der Waals surface area contributed by atoms with Gasteiger partial charge in [-0.15, -0.1) is 0 Å². The number of hydrogen-bond donors (Lipinski definition) is 17. The summed E-state index contributed by atoms with van der Waals surface area (Å²) in [5.74, 6) is -2.20. The molecule has 1 aliphatic heterocycles. The number of amides is 9. The number of phenolic OH excluding ortho intramolecular Hbond substituents is 1. The molecule has 7 unspecified atom stereocenters. The standard InChI is InChI=1S/C27H44N4O7.C21H39N5O6.C3H8.C2H8N2.C2H4O.3C2H6.2CH3NO.2CH4O/c1-5-19(13-17(2)3)25(36)31-22(16-33)26(37)29-12-6-7-20(15-32)30-27(38)24(28-4)23(35)14-18-8-10-21(34)11-9-18;1-5-6-10-25(3)21(31)23-9-7-8-17(22)19(29)24-18(14(2)32-4)20(30)26-12-16(28)11-15(26)13-27;1-3-2;3-1-2-4;1-2-3;3*1-2;2*2-1-3;2*1-2/h8-11,15,17,19-20,22-24,28,33-35H,5-7,12-14,16H2,1-4H3,(H,29,37)(H,30,38)(H,31,36);13-18,28H,5-12,22H2,1-4H3,(H,23,31)(H,24,29);3H2,1-2H3;1-4H2;2H,1H3;3*1-2H3;2*1H,(H2,2,3);2*2H,1H3/t19?,20?,22-,23+,24?;14?,15?,16-,17?,18?;;;;;;;;;;/m01........../s1. The lowest BCUT2D eigenvalue weighted by Gasteiger charge is -2.30. The highest BCUT2D eigenvalue weighted by molar-refractivity contribution is 5.92. The van der Waals surface area contributed by atoms with Crippen molar-refractivity contribution in [1.29, 1.82) is 0 Å². The van der Waals surface area contributed by atoms with Crippen LogP contribution in [0.5, 0.6) is 5.75 Å². The van der Waals surface area contributed by atoms with Gasteiger partial charge in [0.05, 0.1) is 43.0 Å². The van der Waals surface area contributed by atoms with Gasteiger partial charge in [0.25, 0.3) is 0 Å². The third-order valence-electron chi connectivity index (χ3n) is 12.1. The molecule has 0 aromatic heterocycles. The number of carbonyl (C=O) groups excluding carboxylic acids is 11. The largest absolute Gasteiger partial charge is 0.508 e. The summed E-state index contributed by atoms with van der Waals surface area (Å²) >= 11 is 0. The number of nitrogens with one attached hydrogen (secondary N) is 6. The second-order valence-electron chi connectivity index (χ2n) is 19.9. The molecular weight excluding hydrogens is 1250 g/mol. The average molecular weight is 1390 g/mol. The molecule has 0 radical (unpaired) electrons. The average Bonchev–Trinajstić information content (AvgIpc) is 1.64. The summed E-state index contributed by atoms with van der Waals surface area (Å²) in [5.41, 5.74) is 24.9. The number of ether oxygens (including phenoxy) is 1. The Hall–Kier alpha value is -6.81.